The Hall–Kier alpha value is -0.570. The van der Waals surface area contributed by atoms with Gasteiger partial charge in [0.2, 0.25) is 0 Å². The first-order valence-corrected chi connectivity index (χ1v) is 5.46. The van der Waals surface area contributed by atoms with Crippen LogP contribution < -0.4 is 0 Å². The predicted octanol–water partition coefficient (Wildman–Crippen LogP) is 2.47. The van der Waals surface area contributed by atoms with Gasteiger partial charge in [0, 0.05) is 6.54 Å². The molecule has 0 saturated heterocycles. The van der Waals surface area contributed by atoms with Crippen LogP contribution in [0.1, 0.15) is 41.0 Å². The molecular formula is C12H25NO2. The zero-order valence-electron chi connectivity index (χ0n) is 10.9. The monoisotopic (exact) mass is 215 g/mol. The lowest BCUT2D eigenvalue weighted by molar-refractivity contribution is -0.147. The van der Waals surface area contributed by atoms with Crippen LogP contribution in [0.4, 0.5) is 0 Å². The molecule has 0 spiro atoms. The molecule has 0 aromatic rings. The third kappa shape index (κ3) is 6.50. The van der Waals surface area contributed by atoms with Gasteiger partial charge in [0.1, 0.15) is 0 Å². The van der Waals surface area contributed by atoms with Gasteiger partial charge in [-0.05, 0) is 39.3 Å². The fourth-order valence-corrected chi connectivity index (χ4v) is 1.35. The third-order valence-electron chi connectivity index (χ3n) is 2.49. The molecule has 3 heteroatoms. The van der Waals surface area contributed by atoms with Crippen LogP contribution in [-0.2, 0) is 4.79 Å². The van der Waals surface area contributed by atoms with Crippen molar-refractivity contribution in [1.82, 2.24) is 4.90 Å². The number of nitrogens with zero attached hydrogens (tertiary/aromatic N) is 1. The lowest BCUT2D eigenvalue weighted by atomic mass is 9.90. The van der Waals surface area contributed by atoms with E-state index in [9.17, 15) is 4.79 Å². The van der Waals surface area contributed by atoms with E-state index in [1.54, 1.807) is 13.8 Å². The van der Waals surface area contributed by atoms with Crippen molar-refractivity contribution in [2.24, 2.45) is 10.8 Å². The summed E-state index contributed by atoms with van der Waals surface area (Å²) in [6.45, 7) is 11.7. The quantitative estimate of drug-likeness (QED) is 0.766. The third-order valence-corrected chi connectivity index (χ3v) is 2.49. The number of rotatable bonds is 5. The smallest absolute Gasteiger partial charge is 0.310 e. The van der Waals surface area contributed by atoms with E-state index in [0.717, 1.165) is 13.0 Å². The average Bonchev–Trinajstić information content (AvgIpc) is 1.98. The molecule has 90 valence electrons. The van der Waals surface area contributed by atoms with E-state index < -0.39 is 11.4 Å². The molecule has 0 amide bonds. The summed E-state index contributed by atoms with van der Waals surface area (Å²) in [5.74, 6) is -0.731. The van der Waals surface area contributed by atoms with Crippen LogP contribution in [-0.4, -0.2) is 36.1 Å². The van der Waals surface area contributed by atoms with Crippen LogP contribution in [0.2, 0.25) is 0 Å². The molecule has 0 radical (unpaired) electrons. The van der Waals surface area contributed by atoms with Crippen molar-refractivity contribution in [3.63, 3.8) is 0 Å². The van der Waals surface area contributed by atoms with Gasteiger partial charge < -0.3 is 10.0 Å². The largest absolute Gasteiger partial charge is 0.481 e. The minimum Gasteiger partial charge on any atom is -0.481 e. The summed E-state index contributed by atoms with van der Waals surface area (Å²) < 4.78 is 0. The summed E-state index contributed by atoms with van der Waals surface area (Å²) in [6.07, 6.45) is 1.08. The summed E-state index contributed by atoms with van der Waals surface area (Å²) in [6, 6.07) is 0. The maximum Gasteiger partial charge on any atom is 0.310 e. The van der Waals surface area contributed by atoms with Crippen LogP contribution >= 0.6 is 0 Å². The molecular weight excluding hydrogens is 190 g/mol. The Balaban J connectivity index is 4.04. The summed E-state index contributed by atoms with van der Waals surface area (Å²) >= 11 is 0. The van der Waals surface area contributed by atoms with Crippen LogP contribution in [0.15, 0.2) is 0 Å². The first-order valence-electron chi connectivity index (χ1n) is 5.46. The van der Waals surface area contributed by atoms with Crippen LogP contribution in [0.5, 0.6) is 0 Å². The topological polar surface area (TPSA) is 40.5 Å². The van der Waals surface area contributed by atoms with E-state index in [1.807, 2.05) is 7.05 Å². The molecule has 15 heavy (non-hydrogen) atoms. The fourth-order valence-electron chi connectivity index (χ4n) is 1.35. The van der Waals surface area contributed by atoms with Gasteiger partial charge in [-0.1, -0.05) is 20.8 Å². The Morgan fingerprint density at radius 3 is 2.00 bits per heavy atom. The predicted molar refractivity (Wildman–Crippen MR) is 63.0 cm³/mol. The van der Waals surface area contributed by atoms with Crippen molar-refractivity contribution in [2.75, 3.05) is 20.1 Å². The second-order valence-corrected chi connectivity index (χ2v) is 6.24. The van der Waals surface area contributed by atoms with E-state index in [0.29, 0.717) is 12.0 Å². The van der Waals surface area contributed by atoms with Gasteiger partial charge in [-0.2, -0.15) is 0 Å². The Morgan fingerprint density at radius 1 is 1.20 bits per heavy atom. The lowest BCUT2D eigenvalue weighted by Gasteiger charge is -2.29. The molecule has 0 aliphatic rings. The molecule has 0 unspecified atom stereocenters. The molecule has 0 aromatic carbocycles. The summed E-state index contributed by atoms with van der Waals surface area (Å²) in [7, 11) is 1.98. The average molecular weight is 215 g/mol. The van der Waals surface area contributed by atoms with Crippen molar-refractivity contribution in [3.05, 3.63) is 0 Å². The molecule has 0 atom stereocenters. The molecule has 0 bridgehead atoms. The number of aliphatic carboxylic acids is 1. The van der Waals surface area contributed by atoms with Crippen LogP contribution in [0.3, 0.4) is 0 Å². The van der Waals surface area contributed by atoms with E-state index >= 15 is 0 Å². The highest BCUT2D eigenvalue weighted by atomic mass is 16.4. The highest BCUT2D eigenvalue weighted by Crippen LogP contribution is 2.21. The van der Waals surface area contributed by atoms with Gasteiger partial charge in [-0.3, -0.25) is 4.79 Å². The zero-order chi connectivity index (χ0) is 12.3. The van der Waals surface area contributed by atoms with E-state index in [4.69, 9.17) is 5.11 Å². The van der Waals surface area contributed by atoms with Crippen molar-refractivity contribution in [1.29, 1.82) is 0 Å². The van der Waals surface area contributed by atoms with Gasteiger partial charge in [0.25, 0.3) is 0 Å². The number of carboxylic acids is 1. The summed E-state index contributed by atoms with van der Waals surface area (Å²) in [4.78, 5) is 13.0. The lowest BCUT2D eigenvalue weighted by Crippen LogP contribution is -2.38. The number of carbonyl (C=O) groups is 1. The Bertz CT molecular complexity index is 216. The number of carboxylic acid groups (broad SMARTS) is 1. The standard InChI is InChI=1S/C12H25NO2/c1-11(2,3)7-8-13(6)9-12(4,5)10(14)15/h7-9H2,1-6H3,(H,14,15). The Kier molecular flexibility index (Phi) is 4.78. The maximum absolute atomic E-state index is 10.9. The maximum atomic E-state index is 10.9. The Morgan fingerprint density at radius 2 is 1.67 bits per heavy atom. The van der Waals surface area contributed by atoms with Crippen LogP contribution in [0, 0.1) is 10.8 Å². The first-order chi connectivity index (χ1) is 6.54. The molecule has 3 nitrogen and oxygen atoms in total. The van der Waals surface area contributed by atoms with Crippen molar-refractivity contribution in [2.45, 2.75) is 41.0 Å². The second kappa shape index (κ2) is 4.97. The molecule has 0 heterocycles. The van der Waals surface area contributed by atoms with Gasteiger partial charge in [-0.15, -0.1) is 0 Å². The van der Waals surface area contributed by atoms with Crippen molar-refractivity contribution < 1.29 is 9.90 Å². The van der Waals surface area contributed by atoms with Crippen molar-refractivity contribution in [3.8, 4) is 0 Å². The van der Waals surface area contributed by atoms with E-state index in [1.165, 1.54) is 0 Å². The molecule has 0 aliphatic carbocycles. The SMILES string of the molecule is CN(CCC(C)(C)C)CC(C)(C)C(=O)O. The first kappa shape index (κ1) is 14.4. The normalized spacial score (nSPS) is 13.3. The van der Waals surface area contributed by atoms with Gasteiger partial charge >= 0.3 is 5.97 Å². The second-order valence-electron chi connectivity index (χ2n) is 6.24. The van der Waals surface area contributed by atoms with Gasteiger partial charge in [-0.25, -0.2) is 0 Å². The fraction of sp³-hybridized carbons (Fsp3) is 0.917. The van der Waals surface area contributed by atoms with Gasteiger partial charge in [0.15, 0.2) is 0 Å². The van der Waals surface area contributed by atoms with Crippen molar-refractivity contribution >= 4 is 5.97 Å². The number of hydrogen-bond acceptors (Lipinski definition) is 2. The van der Waals surface area contributed by atoms with E-state index in [-0.39, 0.29) is 0 Å². The van der Waals surface area contributed by atoms with Gasteiger partial charge in [0.05, 0.1) is 5.41 Å². The molecule has 1 N–H and O–H groups in total. The van der Waals surface area contributed by atoms with E-state index in [2.05, 4.69) is 25.7 Å². The minimum absolute atomic E-state index is 0.307. The molecule has 0 rings (SSSR count). The molecule has 0 aromatic heterocycles. The summed E-state index contributed by atoms with van der Waals surface area (Å²) in [5.41, 5.74) is -0.353. The molecule has 0 saturated carbocycles. The molecule has 0 aliphatic heterocycles. The zero-order valence-corrected chi connectivity index (χ0v) is 10.9. The minimum atomic E-state index is -0.731. The summed E-state index contributed by atoms with van der Waals surface area (Å²) in [5, 5.41) is 8.99. The highest BCUT2D eigenvalue weighted by molar-refractivity contribution is 5.73. The number of hydrogen-bond donors (Lipinski definition) is 1. The Labute approximate surface area is 93.5 Å². The highest BCUT2D eigenvalue weighted by Gasteiger charge is 2.28. The van der Waals surface area contributed by atoms with Crippen LogP contribution in [0.25, 0.3) is 0 Å². The molecule has 0 fully saturated rings.